The van der Waals surface area contributed by atoms with Gasteiger partial charge in [-0.2, -0.15) is 0 Å². The van der Waals surface area contributed by atoms with E-state index in [9.17, 15) is 4.79 Å². The van der Waals surface area contributed by atoms with Crippen LogP contribution in [0, 0.1) is 0 Å². The first-order valence-corrected chi connectivity index (χ1v) is 5.28. The molecule has 0 unspecified atom stereocenters. The van der Waals surface area contributed by atoms with Crippen LogP contribution in [0.2, 0.25) is 0 Å². The maximum absolute atomic E-state index is 12.0. The molecule has 17 heavy (non-hydrogen) atoms. The van der Waals surface area contributed by atoms with E-state index in [2.05, 4.69) is 10.1 Å². The van der Waals surface area contributed by atoms with Crippen molar-refractivity contribution in [1.29, 1.82) is 0 Å². The van der Waals surface area contributed by atoms with Gasteiger partial charge in [0.15, 0.2) is 5.65 Å². The van der Waals surface area contributed by atoms with Gasteiger partial charge in [-0.25, -0.2) is 9.48 Å². The smallest absolute Gasteiger partial charge is 0.265 e. The molecule has 0 aliphatic rings. The summed E-state index contributed by atoms with van der Waals surface area (Å²) in [6.45, 7) is 0.461. The van der Waals surface area contributed by atoms with Crippen LogP contribution in [-0.2, 0) is 6.54 Å². The fourth-order valence-corrected chi connectivity index (χ4v) is 1.73. The van der Waals surface area contributed by atoms with E-state index in [1.807, 2.05) is 30.3 Å². The molecule has 0 saturated carbocycles. The molecule has 5 heteroatoms. The van der Waals surface area contributed by atoms with Crippen LogP contribution in [0.4, 0.5) is 0 Å². The van der Waals surface area contributed by atoms with Gasteiger partial charge in [0.05, 0.1) is 6.54 Å². The predicted octanol–water partition coefficient (Wildman–Crippen LogP) is 0.939. The standard InChI is InChI=1S/C12H10N4O/c17-12-15-8-2-1-3-11(15)14-16(12)9-10-4-6-13-7-5-10/h1-8H,9H2. The Labute approximate surface area is 97.0 Å². The first-order valence-electron chi connectivity index (χ1n) is 5.28. The molecule has 84 valence electrons. The van der Waals surface area contributed by atoms with Gasteiger partial charge in [-0.3, -0.25) is 9.38 Å². The minimum Gasteiger partial charge on any atom is -0.265 e. The molecule has 3 aromatic heterocycles. The summed E-state index contributed by atoms with van der Waals surface area (Å²) in [6, 6.07) is 9.22. The average molecular weight is 226 g/mol. The van der Waals surface area contributed by atoms with Crippen LogP contribution in [-0.4, -0.2) is 19.2 Å². The zero-order valence-electron chi connectivity index (χ0n) is 9.02. The lowest BCUT2D eigenvalue weighted by Crippen LogP contribution is -2.21. The summed E-state index contributed by atoms with van der Waals surface area (Å²) < 4.78 is 2.98. The SMILES string of the molecule is O=c1n(Cc2ccncc2)nc2ccccn12. The highest BCUT2D eigenvalue weighted by molar-refractivity contribution is 5.35. The van der Waals surface area contributed by atoms with Gasteiger partial charge in [-0.15, -0.1) is 5.10 Å². The summed E-state index contributed by atoms with van der Waals surface area (Å²) in [5, 5.41) is 4.25. The second-order valence-electron chi connectivity index (χ2n) is 3.72. The molecule has 0 bridgehead atoms. The van der Waals surface area contributed by atoms with E-state index in [1.54, 1.807) is 18.6 Å². The minimum absolute atomic E-state index is 0.127. The molecule has 0 saturated heterocycles. The van der Waals surface area contributed by atoms with Gasteiger partial charge in [0, 0.05) is 18.6 Å². The van der Waals surface area contributed by atoms with Crippen molar-refractivity contribution in [2.24, 2.45) is 0 Å². The van der Waals surface area contributed by atoms with Gasteiger partial charge in [-0.1, -0.05) is 6.07 Å². The van der Waals surface area contributed by atoms with Crippen LogP contribution in [0.5, 0.6) is 0 Å². The van der Waals surface area contributed by atoms with Crippen LogP contribution in [0.1, 0.15) is 5.56 Å². The third-order valence-electron chi connectivity index (χ3n) is 2.57. The number of aromatic nitrogens is 4. The number of hydrogen-bond acceptors (Lipinski definition) is 3. The second kappa shape index (κ2) is 3.86. The van der Waals surface area contributed by atoms with Crippen molar-refractivity contribution in [1.82, 2.24) is 19.2 Å². The predicted molar refractivity (Wildman–Crippen MR) is 62.8 cm³/mol. The molecule has 0 aromatic carbocycles. The number of fused-ring (bicyclic) bond motifs is 1. The summed E-state index contributed by atoms with van der Waals surface area (Å²) in [5.41, 5.74) is 1.54. The van der Waals surface area contributed by atoms with Gasteiger partial charge in [0.2, 0.25) is 0 Å². The van der Waals surface area contributed by atoms with Crippen molar-refractivity contribution in [3.63, 3.8) is 0 Å². The van der Waals surface area contributed by atoms with Crippen molar-refractivity contribution in [2.45, 2.75) is 6.54 Å². The highest BCUT2D eigenvalue weighted by Crippen LogP contribution is 2.00. The lowest BCUT2D eigenvalue weighted by Gasteiger charge is -1.98. The summed E-state index contributed by atoms with van der Waals surface area (Å²) in [4.78, 5) is 15.9. The van der Waals surface area contributed by atoms with Crippen molar-refractivity contribution in [3.05, 3.63) is 65.0 Å². The van der Waals surface area contributed by atoms with Crippen LogP contribution >= 0.6 is 0 Å². The van der Waals surface area contributed by atoms with E-state index < -0.39 is 0 Å². The van der Waals surface area contributed by atoms with Crippen LogP contribution in [0.25, 0.3) is 5.65 Å². The summed E-state index contributed by atoms with van der Waals surface area (Å²) in [5.74, 6) is 0. The number of pyridine rings is 2. The van der Waals surface area contributed by atoms with Gasteiger partial charge in [0.1, 0.15) is 0 Å². The molecule has 0 aliphatic carbocycles. The molecule has 0 spiro atoms. The van der Waals surface area contributed by atoms with Crippen molar-refractivity contribution in [2.75, 3.05) is 0 Å². The van der Waals surface area contributed by atoms with E-state index in [0.29, 0.717) is 12.2 Å². The maximum Gasteiger partial charge on any atom is 0.350 e. The first-order chi connectivity index (χ1) is 8.34. The van der Waals surface area contributed by atoms with Crippen LogP contribution < -0.4 is 5.69 Å². The molecular formula is C12H10N4O. The lowest BCUT2D eigenvalue weighted by molar-refractivity contribution is 0.658. The summed E-state index contributed by atoms with van der Waals surface area (Å²) in [7, 11) is 0. The van der Waals surface area contributed by atoms with E-state index in [1.165, 1.54) is 9.08 Å². The molecule has 0 aliphatic heterocycles. The Morgan fingerprint density at radius 2 is 1.94 bits per heavy atom. The third kappa shape index (κ3) is 1.71. The quantitative estimate of drug-likeness (QED) is 0.653. The monoisotopic (exact) mass is 226 g/mol. The maximum atomic E-state index is 12.0. The highest BCUT2D eigenvalue weighted by Gasteiger charge is 2.05. The fourth-order valence-electron chi connectivity index (χ4n) is 1.73. The Morgan fingerprint density at radius 3 is 2.71 bits per heavy atom. The molecule has 3 heterocycles. The van der Waals surface area contributed by atoms with Gasteiger partial charge < -0.3 is 0 Å². The van der Waals surface area contributed by atoms with Crippen molar-refractivity contribution >= 4 is 5.65 Å². The van der Waals surface area contributed by atoms with Crippen molar-refractivity contribution < 1.29 is 0 Å². The van der Waals surface area contributed by atoms with Crippen LogP contribution in [0.3, 0.4) is 0 Å². The molecular weight excluding hydrogens is 216 g/mol. The molecule has 0 atom stereocenters. The number of nitrogens with zero attached hydrogens (tertiary/aromatic N) is 4. The Kier molecular flexibility index (Phi) is 2.22. The van der Waals surface area contributed by atoms with Gasteiger partial charge >= 0.3 is 5.69 Å². The van der Waals surface area contributed by atoms with Gasteiger partial charge in [0.25, 0.3) is 0 Å². The highest BCUT2D eigenvalue weighted by atomic mass is 16.2. The van der Waals surface area contributed by atoms with Crippen LogP contribution in [0.15, 0.2) is 53.7 Å². The molecule has 5 nitrogen and oxygen atoms in total. The molecule has 3 aromatic rings. The second-order valence-corrected chi connectivity index (χ2v) is 3.72. The molecule has 0 N–H and O–H groups in total. The Bertz CT molecular complexity index is 699. The van der Waals surface area contributed by atoms with E-state index in [4.69, 9.17) is 0 Å². The molecule has 0 fully saturated rings. The Morgan fingerprint density at radius 1 is 1.12 bits per heavy atom. The topological polar surface area (TPSA) is 52.2 Å². The molecule has 0 radical (unpaired) electrons. The summed E-state index contributed by atoms with van der Waals surface area (Å²) >= 11 is 0. The normalized spacial score (nSPS) is 10.8. The number of hydrogen-bond donors (Lipinski definition) is 0. The minimum atomic E-state index is -0.127. The summed E-state index contributed by atoms with van der Waals surface area (Å²) in [6.07, 6.45) is 5.13. The Hall–Kier alpha value is -2.43. The van der Waals surface area contributed by atoms with E-state index in [-0.39, 0.29) is 5.69 Å². The largest absolute Gasteiger partial charge is 0.350 e. The molecule has 0 amide bonds. The Balaban J connectivity index is 2.07. The lowest BCUT2D eigenvalue weighted by atomic mass is 10.3. The number of rotatable bonds is 2. The zero-order valence-corrected chi connectivity index (χ0v) is 9.02. The van der Waals surface area contributed by atoms with Gasteiger partial charge in [-0.05, 0) is 29.8 Å². The third-order valence-corrected chi connectivity index (χ3v) is 2.57. The molecule has 3 rings (SSSR count). The van der Waals surface area contributed by atoms with E-state index >= 15 is 0 Å². The average Bonchev–Trinajstić information content (AvgIpc) is 2.68. The van der Waals surface area contributed by atoms with E-state index in [0.717, 1.165) is 5.56 Å². The van der Waals surface area contributed by atoms with Crippen molar-refractivity contribution in [3.8, 4) is 0 Å². The fraction of sp³-hybridized carbons (Fsp3) is 0.0833. The first kappa shape index (κ1) is 9.77. The zero-order chi connectivity index (χ0) is 11.7.